The number of rotatable bonds is 17. The average molecular weight is 365 g/mol. The van der Waals surface area contributed by atoms with Gasteiger partial charge in [-0.15, -0.1) is 0 Å². The lowest BCUT2D eigenvalue weighted by molar-refractivity contribution is -0.0816. The van der Waals surface area contributed by atoms with Crippen molar-refractivity contribution in [1.29, 1.82) is 0 Å². The van der Waals surface area contributed by atoms with Crippen molar-refractivity contribution in [1.82, 2.24) is 0 Å². The largest absolute Gasteiger partial charge is 0.379 e. The minimum absolute atomic E-state index is 0.00208. The molecule has 3 heteroatoms. The van der Waals surface area contributed by atoms with Crippen molar-refractivity contribution >= 4 is 0 Å². The fourth-order valence-electron chi connectivity index (χ4n) is 3.31. The van der Waals surface area contributed by atoms with Crippen LogP contribution >= 0.6 is 0 Å². The Bertz CT molecular complexity index is 407. The number of unbranched alkanes of at least 4 members (excludes halogenated alkanes) is 8. The van der Waals surface area contributed by atoms with Gasteiger partial charge in [0.1, 0.15) is 6.10 Å². The first-order valence-corrected chi connectivity index (χ1v) is 10.5. The van der Waals surface area contributed by atoms with Gasteiger partial charge in [0.15, 0.2) is 0 Å². The Morgan fingerprint density at radius 2 is 1.31 bits per heavy atom. The number of methoxy groups -OCH3 is 2. The van der Waals surface area contributed by atoms with Gasteiger partial charge < -0.3 is 14.2 Å². The van der Waals surface area contributed by atoms with Gasteiger partial charge in [-0.3, -0.25) is 0 Å². The second kappa shape index (κ2) is 16.3. The zero-order chi connectivity index (χ0) is 18.9. The van der Waals surface area contributed by atoms with Crippen LogP contribution < -0.4 is 0 Å². The summed E-state index contributed by atoms with van der Waals surface area (Å²) >= 11 is 0. The van der Waals surface area contributed by atoms with Crippen molar-refractivity contribution in [2.75, 3.05) is 20.8 Å². The molecule has 2 atom stereocenters. The predicted molar refractivity (Wildman–Crippen MR) is 110 cm³/mol. The molecule has 0 spiro atoms. The third kappa shape index (κ3) is 10.9. The fourth-order valence-corrected chi connectivity index (χ4v) is 3.31. The quantitative estimate of drug-likeness (QED) is 0.310. The minimum atomic E-state index is -0.00208. The first-order chi connectivity index (χ1) is 12.8. The lowest BCUT2D eigenvalue weighted by Gasteiger charge is -2.25. The van der Waals surface area contributed by atoms with Crippen LogP contribution in [0.1, 0.15) is 76.7 Å². The van der Waals surface area contributed by atoms with Gasteiger partial charge in [-0.05, 0) is 12.0 Å². The molecule has 0 radical (unpaired) electrons. The smallest absolute Gasteiger partial charge is 0.106 e. The lowest BCUT2D eigenvalue weighted by Crippen LogP contribution is -2.34. The van der Waals surface area contributed by atoms with Crippen molar-refractivity contribution in [2.45, 2.75) is 89.9 Å². The Morgan fingerprint density at radius 1 is 0.731 bits per heavy atom. The molecule has 0 fully saturated rings. The Morgan fingerprint density at radius 3 is 1.88 bits per heavy atom. The molecular weight excluding hydrogens is 324 g/mol. The molecule has 2 unspecified atom stereocenters. The highest BCUT2D eigenvalue weighted by molar-refractivity contribution is 5.13. The summed E-state index contributed by atoms with van der Waals surface area (Å²) in [5.74, 6) is 0. The molecule has 1 rings (SSSR count). The third-order valence-corrected chi connectivity index (χ3v) is 5.01. The van der Waals surface area contributed by atoms with E-state index in [4.69, 9.17) is 14.2 Å². The molecule has 0 N–H and O–H groups in total. The highest BCUT2D eigenvalue weighted by atomic mass is 16.6. The Labute approximate surface area is 161 Å². The van der Waals surface area contributed by atoms with Gasteiger partial charge in [0, 0.05) is 14.2 Å². The van der Waals surface area contributed by atoms with Gasteiger partial charge in [0.2, 0.25) is 0 Å². The van der Waals surface area contributed by atoms with Gasteiger partial charge in [-0.25, -0.2) is 0 Å². The van der Waals surface area contributed by atoms with E-state index in [0.29, 0.717) is 13.2 Å². The van der Waals surface area contributed by atoms with Crippen LogP contribution in [0, 0.1) is 0 Å². The third-order valence-electron chi connectivity index (χ3n) is 5.01. The standard InChI is InChI=1S/C23H40O3/c1-4-5-6-7-8-9-10-11-15-18-22(24-2)23(25-3)20-26-19-21-16-13-12-14-17-21/h12-14,16-17,22-23H,4-11,15,18-20H2,1-3H3. The maximum absolute atomic E-state index is 5.84. The number of hydrogen-bond acceptors (Lipinski definition) is 3. The summed E-state index contributed by atoms with van der Waals surface area (Å²) in [6.45, 7) is 3.46. The van der Waals surface area contributed by atoms with E-state index in [1.807, 2.05) is 18.2 Å². The predicted octanol–water partition coefficient (Wildman–Crippen LogP) is 6.15. The summed E-state index contributed by atoms with van der Waals surface area (Å²) in [6, 6.07) is 10.3. The average Bonchev–Trinajstić information content (AvgIpc) is 2.68. The van der Waals surface area contributed by atoms with Crippen molar-refractivity contribution in [2.24, 2.45) is 0 Å². The van der Waals surface area contributed by atoms with Crippen LogP contribution in [0.15, 0.2) is 30.3 Å². The van der Waals surface area contributed by atoms with E-state index in [-0.39, 0.29) is 12.2 Å². The zero-order valence-corrected chi connectivity index (χ0v) is 17.3. The van der Waals surface area contributed by atoms with E-state index < -0.39 is 0 Å². The first kappa shape index (κ1) is 23.1. The number of hydrogen-bond donors (Lipinski definition) is 0. The maximum Gasteiger partial charge on any atom is 0.106 e. The molecule has 0 aliphatic rings. The monoisotopic (exact) mass is 364 g/mol. The highest BCUT2D eigenvalue weighted by Gasteiger charge is 2.20. The van der Waals surface area contributed by atoms with E-state index >= 15 is 0 Å². The molecule has 0 heterocycles. The molecule has 26 heavy (non-hydrogen) atoms. The van der Waals surface area contributed by atoms with Crippen molar-refractivity contribution in [3.63, 3.8) is 0 Å². The van der Waals surface area contributed by atoms with E-state index in [1.165, 1.54) is 63.4 Å². The van der Waals surface area contributed by atoms with E-state index in [2.05, 4.69) is 19.1 Å². The van der Waals surface area contributed by atoms with E-state index in [1.54, 1.807) is 14.2 Å². The van der Waals surface area contributed by atoms with Crippen LogP contribution in [0.5, 0.6) is 0 Å². The van der Waals surface area contributed by atoms with Crippen LogP contribution in [0.4, 0.5) is 0 Å². The van der Waals surface area contributed by atoms with Gasteiger partial charge in [0.25, 0.3) is 0 Å². The van der Waals surface area contributed by atoms with Crippen molar-refractivity contribution in [3.8, 4) is 0 Å². The molecule has 1 aromatic carbocycles. The summed E-state index contributed by atoms with van der Waals surface area (Å²) < 4.78 is 17.1. The van der Waals surface area contributed by atoms with Crippen LogP contribution in [0.25, 0.3) is 0 Å². The molecule has 0 aliphatic heterocycles. The first-order valence-electron chi connectivity index (χ1n) is 10.5. The van der Waals surface area contributed by atoms with Crippen molar-refractivity contribution in [3.05, 3.63) is 35.9 Å². The van der Waals surface area contributed by atoms with Gasteiger partial charge in [-0.2, -0.15) is 0 Å². The summed E-state index contributed by atoms with van der Waals surface area (Å²) in [6.07, 6.45) is 13.3. The fraction of sp³-hybridized carbons (Fsp3) is 0.739. The molecule has 0 amide bonds. The van der Waals surface area contributed by atoms with Crippen LogP contribution in [0.3, 0.4) is 0 Å². The molecule has 0 bridgehead atoms. The summed E-state index contributed by atoms with van der Waals surface area (Å²) in [5, 5.41) is 0. The normalized spacial score (nSPS) is 13.7. The SMILES string of the molecule is CCCCCCCCCCCC(OC)C(COCc1ccccc1)OC. The Balaban J connectivity index is 2.13. The maximum atomic E-state index is 5.84. The lowest BCUT2D eigenvalue weighted by atomic mass is 10.0. The van der Waals surface area contributed by atoms with Crippen molar-refractivity contribution < 1.29 is 14.2 Å². The molecule has 0 saturated heterocycles. The Hall–Kier alpha value is -0.900. The second-order valence-electron chi connectivity index (χ2n) is 7.17. The zero-order valence-electron chi connectivity index (χ0n) is 17.3. The number of benzene rings is 1. The van der Waals surface area contributed by atoms with E-state index in [0.717, 1.165) is 6.42 Å². The highest BCUT2D eigenvalue weighted by Crippen LogP contribution is 2.16. The van der Waals surface area contributed by atoms with Gasteiger partial charge in [-0.1, -0.05) is 95.0 Å². The molecule has 150 valence electrons. The van der Waals surface area contributed by atoms with Gasteiger partial charge in [0.05, 0.1) is 19.3 Å². The molecule has 0 saturated carbocycles. The minimum Gasteiger partial charge on any atom is -0.379 e. The van der Waals surface area contributed by atoms with Crippen LogP contribution in [-0.2, 0) is 20.8 Å². The number of ether oxygens (including phenoxy) is 3. The Kier molecular flexibility index (Phi) is 14.5. The molecule has 1 aromatic rings. The van der Waals surface area contributed by atoms with E-state index in [9.17, 15) is 0 Å². The molecule has 0 aliphatic carbocycles. The molecular formula is C23H40O3. The second-order valence-corrected chi connectivity index (χ2v) is 7.17. The summed E-state index contributed by atoms with van der Waals surface area (Å²) in [7, 11) is 3.53. The van der Waals surface area contributed by atoms with Crippen LogP contribution in [-0.4, -0.2) is 33.0 Å². The molecule has 3 nitrogen and oxygen atoms in total. The van der Waals surface area contributed by atoms with Gasteiger partial charge >= 0.3 is 0 Å². The topological polar surface area (TPSA) is 27.7 Å². The molecule has 0 aromatic heterocycles. The van der Waals surface area contributed by atoms with Crippen LogP contribution in [0.2, 0.25) is 0 Å². The summed E-state index contributed by atoms with van der Waals surface area (Å²) in [5.41, 5.74) is 1.19. The summed E-state index contributed by atoms with van der Waals surface area (Å²) in [4.78, 5) is 0.